The second kappa shape index (κ2) is 7.22. The van der Waals surface area contributed by atoms with Gasteiger partial charge in [-0.25, -0.2) is 0 Å². The SMILES string of the molecule is Brc1ccc2c(c1)C1(c3ccccc3-2)c2ccccc2-c2cc3c4ccccc4c4ccccc4c3cc21. The Kier molecular flexibility index (Phi) is 3.95. The summed E-state index contributed by atoms with van der Waals surface area (Å²) in [5.74, 6) is 0. The third kappa shape index (κ3) is 2.37. The van der Waals surface area contributed by atoms with E-state index in [1.807, 2.05) is 0 Å². The van der Waals surface area contributed by atoms with E-state index < -0.39 is 0 Å². The number of hydrogen-bond acceptors (Lipinski definition) is 0. The second-order valence-electron chi connectivity index (χ2n) is 10.6. The fraction of sp³-hybridized carbons (Fsp3) is 0.0270. The average molecular weight is 545 g/mol. The van der Waals surface area contributed by atoms with Gasteiger partial charge in [-0.15, -0.1) is 0 Å². The van der Waals surface area contributed by atoms with Crippen LogP contribution in [0.25, 0.3) is 54.6 Å². The molecule has 7 aromatic carbocycles. The minimum atomic E-state index is -0.345. The first-order valence-electron chi connectivity index (χ1n) is 13.1. The molecule has 0 amide bonds. The van der Waals surface area contributed by atoms with E-state index >= 15 is 0 Å². The summed E-state index contributed by atoms with van der Waals surface area (Å²) >= 11 is 3.82. The topological polar surface area (TPSA) is 0 Å². The number of fused-ring (bicyclic) bond motifs is 16. The summed E-state index contributed by atoms with van der Waals surface area (Å²) in [6.45, 7) is 0. The molecule has 0 heterocycles. The van der Waals surface area contributed by atoms with Crippen LogP contribution in [0, 0.1) is 0 Å². The van der Waals surface area contributed by atoms with Crippen molar-refractivity contribution in [2.45, 2.75) is 5.41 Å². The van der Waals surface area contributed by atoms with Crippen molar-refractivity contribution in [3.8, 4) is 22.3 Å². The zero-order valence-electron chi connectivity index (χ0n) is 20.5. The monoisotopic (exact) mass is 544 g/mol. The highest BCUT2D eigenvalue weighted by atomic mass is 79.9. The molecule has 0 saturated heterocycles. The van der Waals surface area contributed by atoms with Crippen LogP contribution in [0.2, 0.25) is 0 Å². The van der Waals surface area contributed by atoms with Crippen molar-refractivity contribution in [2.75, 3.05) is 0 Å². The van der Waals surface area contributed by atoms with Crippen LogP contribution >= 0.6 is 15.9 Å². The summed E-state index contributed by atoms with van der Waals surface area (Å²) in [5, 5.41) is 7.91. The predicted octanol–water partition coefficient (Wildman–Crippen LogP) is 10.3. The van der Waals surface area contributed by atoms with Gasteiger partial charge in [-0.3, -0.25) is 0 Å². The maximum absolute atomic E-state index is 3.82. The molecule has 1 unspecified atom stereocenters. The fourth-order valence-electron chi connectivity index (χ4n) is 7.51. The summed E-state index contributed by atoms with van der Waals surface area (Å²) in [7, 11) is 0. The van der Waals surface area contributed by atoms with Crippen LogP contribution in [-0.2, 0) is 5.41 Å². The maximum atomic E-state index is 3.82. The van der Waals surface area contributed by atoms with Gasteiger partial charge in [-0.2, -0.15) is 0 Å². The van der Waals surface area contributed by atoms with Crippen molar-refractivity contribution >= 4 is 48.2 Å². The molecule has 7 aromatic rings. The van der Waals surface area contributed by atoms with Crippen molar-refractivity contribution in [1.29, 1.82) is 0 Å². The fourth-order valence-corrected chi connectivity index (χ4v) is 7.87. The number of hydrogen-bond donors (Lipinski definition) is 0. The van der Waals surface area contributed by atoms with Gasteiger partial charge in [0.05, 0.1) is 5.41 Å². The summed E-state index contributed by atoms with van der Waals surface area (Å²) in [4.78, 5) is 0. The first-order valence-corrected chi connectivity index (χ1v) is 13.9. The van der Waals surface area contributed by atoms with Crippen molar-refractivity contribution in [2.24, 2.45) is 0 Å². The third-order valence-corrected chi connectivity index (χ3v) is 9.41. The van der Waals surface area contributed by atoms with Crippen LogP contribution < -0.4 is 0 Å². The van der Waals surface area contributed by atoms with Gasteiger partial charge in [-0.1, -0.05) is 119 Å². The Morgan fingerprint density at radius 1 is 0.342 bits per heavy atom. The molecule has 9 rings (SSSR count). The van der Waals surface area contributed by atoms with Gasteiger partial charge in [0.25, 0.3) is 0 Å². The lowest BCUT2D eigenvalue weighted by molar-refractivity contribution is 0.794. The van der Waals surface area contributed by atoms with Crippen LogP contribution in [-0.4, -0.2) is 0 Å². The minimum Gasteiger partial charge on any atom is -0.0619 e. The Morgan fingerprint density at radius 2 is 0.789 bits per heavy atom. The van der Waals surface area contributed by atoms with E-state index in [1.165, 1.54) is 76.8 Å². The highest BCUT2D eigenvalue weighted by Gasteiger charge is 2.51. The van der Waals surface area contributed by atoms with Crippen molar-refractivity contribution < 1.29 is 0 Å². The quantitative estimate of drug-likeness (QED) is 0.166. The van der Waals surface area contributed by atoms with E-state index in [0.29, 0.717) is 0 Å². The molecule has 0 bridgehead atoms. The van der Waals surface area contributed by atoms with Crippen molar-refractivity contribution in [3.63, 3.8) is 0 Å². The van der Waals surface area contributed by atoms with E-state index in [1.54, 1.807) is 0 Å². The van der Waals surface area contributed by atoms with E-state index in [4.69, 9.17) is 0 Å². The summed E-state index contributed by atoms with van der Waals surface area (Å²) in [6.07, 6.45) is 0. The molecule has 2 aliphatic rings. The van der Waals surface area contributed by atoms with Crippen LogP contribution in [0.4, 0.5) is 0 Å². The molecule has 0 aromatic heterocycles. The highest BCUT2D eigenvalue weighted by Crippen LogP contribution is 2.63. The smallest absolute Gasteiger partial charge is 0.0619 e. The summed E-state index contributed by atoms with van der Waals surface area (Å²) in [6, 6.07) is 47.6. The molecule has 1 atom stereocenters. The Bertz CT molecular complexity index is 2150. The third-order valence-electron chi connectivity index (χ3n) is 8.91. The molecule has 0 radical (unpaired) electrons. The molecule has 0 aliphatic heterocycles. The van der Waals surface area contributed by atoms with Gasteiger partial charge in [-0.05, 0) is 101 Å². The van der Waals surface area contributed by atoms with Crippen LogP contribution in [0.5, 0.6) is 0 Å². The molecule has 1 spiro atoms. The van der Waals surface area contributed by atoms with E-state index in [2.05, 4.69) is 143 Å². The van der Waals surface area contributed by atoms with Gasteiger partial charge in [0, 0.05) is 4.47 Å². The average Bonchev–Trinajstić information content (AvgIpc) is 3.43. The first-order chi connectivity index (χ1) is 18.8. The van der Waals surface area contributed by atoms with Crippen LogP contribution in [0.1, 0.15) is 22.3 Å². The van der Waals surface area contributed by atoms with Gasteiger partial charge in [0.1, 0.15) is 0 Å². The zero-order valence-corrected chi connectivity index (χ0v) is 22.1. The van der Waals surface area contributed by atoms with Gasteiger partial charge in [0.15, 0.2) is 0 Å². The number of halogens is 1. The molecule has 0 saturated carbocycles. The first kappa shape index (κ1) is 20.8. The Labute approximate surface area is 229 Å². The Hall–Kier alpha value is -4.20. The minimum absolute atomic E-state index is 0.345. The van der Waals surface area contributed by atoms with E-state index in [0.717, 1.165) is 4.47 Å². The number of rotatable bonds is 0. The van der Waals surface area contributed by atoms with Gasteiger partial charge in [0.2, 0.25) is 0 Å². The zero-order chi connectivity index (χ0) is 25.0. The van der Waals surface area contributed by atoms with Gasteiger partial charge >= 0.3 is 0 Å². The van der Waals surface area contributed by atoms with Crippen LogP contribution in [0.3, 0.4) is 0 Å². The standard InChI is InChI=1S/C37H21Br/c38-22-17-18-29-27-13-5-7-15-33(27)37(35(29)19-22)34-16-8-6-14-28(34)32-20-30-25-11-3-1-9-23(25)24-10-2-4-12-26(24)31(30)21-36(32)37/h1-21H. The predicted molar refractivity (Wildman–Crippen MR) is 163 cm³/mol. The lowest BCUT2D eigenvalue weighted by Gasteiger charge is -2.31. The molecular weight excluding hydrogens is 524 g/mol. The summed E-state index contributed by atoms with van der Waals surface area (Å²) in [5.41, 5.74) is 10.5. The normalized spacial score (nSPS) is 16.7. The molecule has 2 aliphatic carbocycles. The Balaban J connectivity index is 1.54. The van der Waals surface area contributed by atoms with E-state index in [9.17, 15) is 0 Å². The molecule has 38 heavy (non-hydrogen) atoms. The van der Waals surface area contributed by atoms with Crippen molar-refractivity contribution in [1.82, 2.24) is 0 Å². The molecule has 0 N–H and O–H groups in total. The Morgan fingerprint density at radius 3 is 1.42 bits per heavy atom. The lowest BCUT2D eigenvalue weighted by Crippen LogP contribution is -2.25. The molecule has 0 nitrogen and oxygen atoms in total. The molecule has 0 fully saturated rings. The van der Waals surface area contributed by atoms with Crippen LogP contribution in [0.15, 0.2) is 132 Å². The van der Waals surface area contributed by atoms with Crippen molar-refractivity contribution in [3.05, 3.63) is 154 Å². The second-order valence-corrected chi connectivity index (χ2v) is 11.5. The largest absolute Gasteiger partial charge is 0.0726 e. The summed E-state index contributed by atoms with van der Waals surface area (Å²) < 4.78 is 1.12. The molecular formula is C37H21Br. The maximum Gasteiger partial charge on any atom is 0.0726 e. The lowest BCUT2D eigenvalue weighted by atomic mass is 9.70. The van der Waals surface area contributed by atoms with E-state index in [-0.39, 0.29) is 5.41 Å². The van der Waals surface area contributed by atoms with Gasteiger partial charge < -0.3 is 0 Å². The number of benzene rings is 7. The highest BCUT2D eigenvalue weighted by molar-refractivity contribution is 9.10. The molecule has 176 valence electrons. The molecule has 1 heteroatoms.